The summed E-state index contributed by atoms with van der Waals surface area (Å²) < 4.78 is 0. The SMILES string of the molecule is NC(=O)CN(CC(=O)N1CCCC1)Cc1ccc(N)cc1. The number of primary amides is 1. The van der Waals surface area contributed by atoms with Crippen LogP contribution in [0.4, 0.5) is 5.69 Å². The van der Waals surface area contributed by atoms with Crippen LogP contribution in [-0.4, -0.2) is 47.8 Å². The molecule has 4 N–H and O–H groups in total. The van der Waals surface area contributed by atoms with E-state index >= 15 is 0 Å². The quantitative estimate of drug-likeness (QED) is 0.731. The van der Waals surface area contributed by atoms with Gasteiger partial charge >= 0.3 is 0 Å². The van der Waals surface area contributed by atoms with Crippen molar-refractivity contribution in [2.75, 3.05) is 31.9 Å². The van der Waals surface area contributed by atoms with E-state index in [0.717, 1.165) is 31.5 Å². The number of amides is 2. The van der Waals surface area contributed by atoms with E-state index in [1.54, 1.807) is 17.0 Å². The van der Waals surface area contributed by atoms with Gasteiger partial charge in [-0.1, -0.05) is 12.1 Å². The summed E-state index contributed by atoms with van der Waals surface area (Å²) in [5.74, 6) is -0.371. The summed E-state index contributed by atoms with van der Waals surface area (Å²) in [7, 11) is 0. The van der Waals surface area contributed by atoms with Crippen molar-refractivity contribution in [3.8, 4) is 0 Å². The molecule has 21 heavy (non-hydrogen) atoms. The van der Waals surface area contributed by atoms with Crippen LogP contribution >= 0.6 is 0 Å². The lowest BCUT2D eigenvalue weighted by atomic mass is 10.2. The second-order valence-electron chi connectivity index (χ2n) is 5.44. The van der Waals surface area contributed by atoms with Crippen molar-refractivity contribution in [2.45, 2.75) is 19.4 Å². The first-order valence-electron chi connectivity index (χ1n) is 7.17. The zero-order chi connectivity index (χ0) is 15.2. The summed E-state index contributed by atoms with van der Waals surface area (Å²) in [4.78, 5) is 27.0. The van der Waals surface area contributed by atoms with Crippen LogP contribution < -0.4 is 11.5 Å². The van der Waals surface area contributed by atoms with Gasteiger partial charge in [0.25, 0.3) is 0 Å². The molecule has 1 aromatic rings. The first kappa shape index (κ1) is 15.3. The molecule has 0 unspecified atom stereocenters. The molecule has 0 atom stereocenters. The van der Waals surface area contributed by atoms with Gasteiger partial charge in [0.05, 0.1) is 13.1 Å². The zero-order valence-electron chi connectivity index (χ0n) is 12.1. The summed E-state index contributed by atoms with van der Waals surface area (Å²) in [6.07, 6.45) is 2.11. The van der Waals surface area contributed by atoms with E-state index in [1.807, 2.05) is 17.0 Å². The smallest absolute Gasteiger partial charge is 0.236 e. The third-order valence-electron chi connectivity index (χ3n) is 3.58. The van der Waals surface area contributed by atoms with Gasteiger partial charge in [-0.25, -0.2) is 0 Å². The van der Waals surface area contributed by atoms with Gasteiger partial charge in [0.15, 0.2) is 0 Å². The van der Waals surface area contributed by atoms with Crippen molar-refractivity contribution in [2.24, 2.45) is 5.73 Å². The third kappa shape index (κ3) is 4.75. The molecular formula is C15H22N4O2. The van der Waals surface area contributed by atoms with Gasteiger partial charge in [-0.2, -0.15) is 0 Å². The molecular weight excluding hydrogens is 268 g/mol. The van der Waals surface area contributed by atoms with Crippen molar-refractivity contribution < 1.29 is 9.59 Å². The molecule has 2 amide bonds. The molecule has 1 aromatic carbocycles. The molecule has 1 aliphatic heterocycles. The summed E-state index contributed by atoms with van der Waals surface area (Å²) in [5.41, 5.74) is 12.6. The van der Waals surface area contributed by atoms with Crippen molar-refractivity contribution in [1.29, 1.82) is 0 Å². The van der Waals surface area contributed by atoms with E-state index in [2.05, 4.69) is 0 Å². The Bertz CT molecular complexity index is 495. The molecule has 1 saturated heterocycles. The highest BCUT2D eigenvalue weighted by Gasteiger charge is 2.21. The Kier molecular flexibility index (Phi) is 5.16. The van der Waals surface area contributed by atoms with Crippen molar-refractivity contribution in [3.05, 3.63) is 29.8 Å². The van der Waals surface area contributed by atoms with Gasteiger partial charge in [-0.05, 0) is 30.5 Å². The second-order valence-corrected chi connectivity index (χ2v) is 5.44. The Hall–Kier alpha value is -2.08. The van der Waals surface area contributed by atoms with Crippen molar-refractivity contribution in [1.82, 2.24) is 9.80 Å². The van der Waals surface area contributed by atoms with Crippen LogP contribution in [0.1, 0.15) is 18.4 Å². The molecule has 1 fully saturated rings. The number of carbonyl (C=O) groups is 2. The first-order valence-corrected chi connectivity index (χ1v) is 7.17. The summed E-state index contributed by atoms with van der Waals surface area (Å²) in [5, 5.41) is 0. The summed E-state index contributed by atoms with van der Waals surface area (Å²) in [6, 6.07) is 7.40. The number of anilines is 1. The fourth-order valence-electron chi connectivity index (χ4n) is 2.53. The minimum Gasteiger partial charge on any atom is -0.399 e. The summed E-state index contributed by atoms with van der Waals surface area (Å²) in [6.45, 7) is 2.41. The van der Waals surface area contributed by atoms with Crippen molar-refractivity contribution in [3.63, 3.8) is 0 Å². The van der Waals surface area contributed by atoms with Gasteiger partial charge in [-0.15, -0.1) is 0 Å². The molecule has 0 radical (unpaired) electrons. The van der Waals surface area contributed by atoms with Crippen molar-refractivity contribution >= 4 is 17.5 Å². The van der Waals surface area contributed by atoms with Gasteiger partial charge in [0.2, 0.25) is 11.8 Å². The van der Waals surface area contributed by atoms with E-state index in [1.165, 1.54) is 0 Å². The molecule has 2 rings (SSSR count). The minimum atomic E-state index is -0.431. The Balaban J connectivity index is 1.98. The van der Waals surface area contributed by atoms with Gasteiger partial charge < -0.3 is 16.4 Å². The van der Waals surface area contributed by atoms with Crippen LogP contribution in [0, 0.1) is 0 Å². The monoisotopic (exact) mass is 290 g/mol. The largest absolute Gasteiger partial charge is 0.399 e. The maximum atomic E-state index is 12.2. The van der Waals surface area contributed by atoms with Crippen LogP contribution in [0.3, 0.4) is 0 Å². The lowest BCUT2D eigenvalue weighted by molar-refractivity contribution is -0.132. The first-order chi connectivity index (χ1) is 10.0. The van der Waals surface area contributed by atoms with Crippen LogP contribution in [0.5, 0.6) is 0 Å². The molecule has 114 valence electrons. The number of likely N-dealkylation sites (tertiary alicyclic amines) is 1. The number of hydrogen-bond acceptors (Lipinski definition) is 4. The Labute approximate surface area is 124 Å². The van der Waals surface area contributed by atoms with E-state index in [4.69, 9.17) is 11.5 Å². The highest BCUT2D eigenvalue weighted by atomic mass is 16.2. The lowest BCUT2D eigenvalue weighted by Crippen LogP contribution is -2.42. The lowest BCUT2D eigenvalue weighted by Gasteiger charge is -2.23. The van der Waals surface area contributed by atoms with Crippen LogP contribution in [0.2, 0.25) is 0 Å². The predicted octanol–water partition coefficient (Wildman–Crippen LogP) is 0.179. The maximum Gasteiger partial charge on any atom is 0.236 e. The minimum absolute atomic E-state index is 0.0594. The number of nitrogens with zero attached hydrogens (tertiary/aromatic N) is 2. The molecule has 0 aromatic heterocycles. The fraction of sp³-hybridized carbons (Fsp3) is 0.467. The van der Waals surface area contributed by atoms with Crippen LogP contribution in [-0.2, 0) is 16.1 Å². The molecule has 0 bridgehead atoms. The average Bonchev–Trinajstić information content (AvgIpc) is 2.94. The molecule has 0 saturated carbocycles. The number of nitrogens with two attached hydrogens (primary N) is 2. The molecule has 0 aliphatic carbocycles. The highest BCUT2D eigenvalue weighted by molar-refractivity contribution is 5.80. The Morgan fingerprint density at radius 1 is 1.10 bits per heavy atom. The fourth-order valence-corrected chi connectivity index (χ4v) is 2.53. The molecule has 0 spiro atoms. The predicted molar refractivity (Wildman–Crippen MR) is 81.1 cm³/mol. The van der Waals surface area contributed by atoms with Gasteiger partial charge in [0, 0.05) is 25.3 Å². The average molecular weight is 290 g/mol. The number of rotatable bonds is 6. The van der Waals surface area contributed by atoms with E-state index in [9.17, 15) is 9.59 Å². The Morgan fingerprint density at radius 3 is 2.29 bits per heavy atom. The maximum absolute atomic E-state index is 12.2. The van der Waals surface area contributed by atoms with E-state index in [-0.39, 0.29) is 19.0 Å². The number of carbonyl (C=O) groups excluding carboxylic acids is 2. The zero-order valence-corrected chi connectivity index (χ0v) is 12.1. The molecule has 1 aliphatic rings. The van der Waals surface area contributed by atoms with Crippen LogP contribution in [0.15, 0.2) is 24.3 Å². The topological polar surface area (TPSA) is 92.7 Å². The standard InChI is InChI=1S/C15H22N4O2/c16-13-5-3-12(4-6-13)9-18(10-14(17)20)11-15(21)19-7-1-2-8-19/h3-6H,1-2,7-11,16H2,(H2,17,20). The van der Waals surface area contributed by atoms with Gasteiger partial charge in [-0.3, -0.25) is 14.5 Å². The normalized spacial score (nSPS) is 14.6. The number of hydrogen-bond donors (Lipinski definition) is 2. The second kappa shape index (κ2) is 7.08. The number of benzene rings is 1. The molecule has 6 heteroatoms. The molecule has 6 nitrogen and oxygen atoms in total. The van der Waals surface area contributed by atoms with E-state index in [0.29, 0.717) is 12.2 Å². The van der Waals surface area contributed by atoms with E-state index < -0.39 is 5.91 Å². The Morgan fingerprint density at radius 2 is 1.71 bits per heavy atom. The highest BCUT2D eigenvalue weighted by Crippen LogP contribution is 2.11. The third-order valence-corrected chi connectivity index (χ3v) is 3.58. The van der Waals surface area contributed by atoms with Crippen LogP contribution in [0.25, 0.3) is 0 Å². The van der Waals surface area contributed by atoms with Gasteiger partial charge in [0.1, 0.15) is 0 Å². The summed E-state index contributed by atoms with van der Waals surface area (Å²) >= 11 is 0. The number of nitrogen functional groups attached to an aromatic ring is 1. The molecule has 1 heterocycles.